The molecule has 1 aromatic heterocycles. The van der Waals surface area contributed by atoms with Crippen LogP contribution in [0.25, 0.3) is 0 Å². The minimum atomic E-state index is -0.202. The maximum atomic E-state index is 12.3. The lowest BCUT2D eigenvalue weighted by Crippen LogP contribution is -2.44. The summed E-state index contributed by atoms with van der Waals surface area (Å²) in [5, 5.41) is 6.29. The molecule has 23 heavy (non-hydrogen) atoms. The number of nitrogens with zero attached hydrogens (tertiary/aromatic N) is 2. The van der Waals surface area contributed by atoms with Gasteiger partial charge in [-0.3, -0.25) is 4.79 Å². The third-order valence-electron chi connectivity index (χ3n) is 4.57. The topological polar surface area (TPSA) is 83.3 Å². The molecule has 2 aliphatic heterocycles. The smallest absolute Gasteiger partial charge is 0.257 e. The molecule has 1 aromatic carbocycles. The number of pyridine rings is 1. The molecule has 3 heterocycles. The molecule has 0 radical (unpaired) electrons. The first-order valence-electron chi connectivity index (χ1n) is 7.82. The van der Waals surface area contributed by atoms with Gasteiger partial charge in [0.15, 0.2) is 0 Å². The summed E-state index contributed by atoms with van der Waals surface area (Å²) in [5.74, 6) is 0.737. The molecule has 0 aliphatic carbocycles. The van der Waals surface area contributed by atoms with Crippen molar-refractivity contribution in [2.45, 2.75) is 18.5 Å². The van der Waals surface area contributed by atoms with Gasteiger partial charge < -0.3 is 21.3 Å². The zero-order valence-corrected chi connectivity index (χ0v) is 12.7. The summed E-state index contributed by atoms with van der Waals surface area (Å²) in [4.78, 5) is 19.1. The lowest BCUT2D eigenvalue weighted by molar-refractivity contribution is 0.102. The lowest BCUT2D eigenvalue weighted by atomic mass is 10.2. The number of hydrogen-bond acceptors (Lipinski definition) is 5. The standard InChI is InChI=1S/C17H19N5O/c18-14-3-1-2-4-15(14)21-17(23)11-5-6-16(20-8-11)22-10-12-7-13(22)9-19-12/h1-6,8,12-13,19H,7,9-10,18H2,(H,21,23)/t12-,13+/m0/s1. The number of carbonyl (C=O) groups is 1. The van der Waals surface area contributed by atoms with Crippen LogP contribution in [0.4, 0.5) is 17.2 Å². The first-order valence-corrected chi connectivity index (χ1v) is 7.82. The van der Waals surface area contributed by atoms with Crippen LogP contribution >= 0.6 is 0 Å². The molecule has 0 spiro atoms. The zero-order chi connectivity index (χ0) is 15.8. The van der Waals surface area contributed by atoms with Crippen LogP contribution in [0, 0.1) is 0 Å². The van der Waals surface area contributed by atoms with Crippen molar-refractivity contribution >= 4 is 23.1 Å². The fourth-order valence-electron chi connectivity index (χ4n) is 3.34. The van der Waals surface area contributed by atoms with Crippen molar-refractivity contribution in [1.29, 1.82) is 0 Å². The Labute approximate surface area is 134 Å². The van der Waals surface area contributed by atoms with E-state index < -0.39 is 0 Å². The van der Waals surface area contributed by atoms with E-state index in [1.165, 1.54) is 6.42 Å². The average molecular weight is 309 g/mol. The van der Waals surface area contributed by atoms with E-state index in [1.807, 2.05) is 24.3 Å². The van der Waals surface area contributed by atoms with Crippen molar-refractivity contribution in [3.63, 3.8) is 0 Å². The Bertz CT molecular complexity index is 730. The minimum Gasteiger partial charge on any atom is -0.397 e. The number of piperazine rings is 1. The van der Waals surface area contributed by atoms with Crippen LogP contribution in [-0.2, 0) is 0 Å². The Morgan fingerprint density at radius 2 is 2.17 bits per heavy atom. The van der Waals surface area contributed by atoms with Crippen molar-refractivity contribution in [2.24, 2.45) is 0 Å². The van der Waals surface area contributed by atoms with Gasteiger partial charge in [0.05, 0.1) is 16.9 Å². The van der Waals surface area contributed by atoms with Gasteiger partial charge in [-0.15, -0.1) is 0 Å². The Morgan fingerprint density at radius 3 is 2.83 bits per heavy atom. The number of para-hydroxylation sites is 2. The number of fused-ring (bicyclic) bond motifs is 2. The molecule has 2 saturated heterocycles. The molecule has 1 amide bonds. The maximum Gasteiger partial charge on any atom is 0.257 e. The number of benzene rings is 1. The summed E-state index contributed by atoms with van der Waals surface area (Å²) < 4.78 is 0. The summed E-state index contributed by atoms with van der Waals surface area (Å²) in [5.41, 5.74) is 7.54. The average Bonchev–Trinajstić information content (AvgIpc) is 3.20. The summed E-state index contributed by atoms with van der Waals surface area (Å²) in [7, 11) is 0. The number of nitrogens with two attached hydrogens (primary N) is 1. The Kier molecular flexibility index (Phi) is 3.38. The van der Waals surface area contributed by atoms with Gasteiger partial charge in [-0.2, -0.15) is 0 Å². The minimum absolute atomic E-state index is 0.202. The Morgan fingerprint density at radius 1 is 1.30 bits per heavy atom. The summed E-state index contributed by atoms with van der Waals surface area (Å²) in [6.07, 6.45) is 2.81. The van der Waals surface area contributed by atoms with Crippen molar-refractivity contribution in [3.05, 3.63) is 48.2 Å². The number of carbonyl (C=O) groups excluding carboxylic acids is 1. The fourth-order valence-corrected chi connectivity index (χ4v) is 3.34. The zero-order valence-electron chi connectivity index (χ0n) is 12.7. The van der Waals surface area contributed by atoms with Gasteiger partial charge in [0, 0.05) is 31.4 Å². The Balaban J connectivity index is 1.47. The molecule has 6 nitrogen and oxygen atoms in total. The van der Waals surface area contributed by atoms with Crippen LogP contribution in [0.2, 0.25) is 0 Å². The SMILES string of the molecule is Nc1ccccc1NC(=O)c1ccc(N2C[C@@H]3C[C@@H]2CN3)nc1. The number of nitrogen functional groups attached to an aromatic ring is 1. The lowest BCUT2D eigenvalue weighted by Gasteiger charge is -2.28. The monoisotopic (exact) mass is 309 g/mol. The highest BCUT2D eigenvalue weighted by Gasteiger charge is 2.38. The van der Waals surface area contributed by atoms with E-state index in [0.717, 1.165) is 18.9 Å². The van der Waals surface area contributed by atoms with E-state index in [9.17, 15) is 4.79 Å². The molecule has 2 fully saturated rings. The molecule has 0 unspecified atom stereocenters. The van der Waals surface area contributed by atoms with Gasteiger partial charge in [0.25, 0.3) is 5.91 Å². The fraction of sp³-hybridized carbons (Fsp3) is 0.294. The third-order valence-corrected chi connectivity index (χ3v) is 4.57. The van der Waals surface area contributed by atoms with E-state index in [4.69, 9.17) is 5.73 Å². The number of amides is 1. The third kappa shape index (κ3) is 2.61. The maximum absolute atomic E-state index is 12.3. The van der Waals surface area contributed by atoms with Gasteiger partial charge in [-0.1, -0.05) is 12.1 Å². The second-order valence-corrected chi connectivity index (χ2v) is 6.09. The van der Waals surface area contributed by atoms with Crippen LogP contribution in [-0.4, -0.2) is 36.1 Å². The molecule has 2 aliphatic rings. The normalized spacial score (nSPS) is 22.3. The number of nitrogens with one attached hydrogen (secondary N) is 2. The van der Waals surface area contributed by atoms with E-state index >= 15 is 0 Å². The van der Waals surface area contributed by atoms with E-state index in [1.54, 1.807) is 18.3 Å². The molecule has 2 atom stereocenters. The predicted octanol–water partition coefficient (Wildman–Crippen LogP) is 1.47. The number of rotatable bonds is 3. The van der Waals surface area contributed by atoms with E-state index in [2.05, 4.69) is 20.5 Å². The second-order valence-electron chi connectivity index (χ2n) is 6.09. The molecule has 6 heteroatoms. The molecular formula is C17H19N5O. The molecule has 2 aromatic rings. The summed E-state index contributed by atoms with van der Waals surface area (Å²) in [6, 6.07) is 12.0. The number of anilines is 3. The summed E-state index contributed by atoms with van der Waals surface area (Å²) >= 11 is 0. The molecule has 4 rings (SSSR count). The van der Waals surface area contributed by atoms with Crippen LogP contribution in [0.1, 0.15) is 16.8 Å². The first kappa shape index (κ1) is 14.0. The van der Waals surface area contributed by atoms with Gasteiger partial charge in [0.2, 0.25) is 0 Å². The van der Waals surface area contributed by atoms with E-state index in [-0.39, 0.29) is 5.91 Å². The molecule has 2 bridgehead atoms. The largest absolute Gasteiger partial charge is 0.397 e. The van der Waals surface area contributed by atoms with E-state index in [0.29, 0.717) is 29.0 Å². The van der Waals surface area contributed by atoms with Gasteiger partial charge in [-0.05, 0) is 30.7 Å². The number of hydrogen-bond donors (Lipinski definition) is 3. The Hall–Kier alpha value is -2.60. The van der Waals surface area contributed by atoms with Crippen molar-refractivity contribution < 1.29 is 4.79 Å². The highest BCUT2D eigenvalue weighted by Crippen LogP contribution is 2.28. The number of aromatic nitrogens is 1. The first-order chi connectivity index (χ1) is 11.2. The van der Waals surface area contributed by atoms with Crippen LogP contribution in [0.15, 0.2) is 42.6 Å². The highest BCUT2D eigenvalue weighted by molar-refractivity contribution is 6.05. The van der Waals surface area contributed by atoms with Crippen molar-refractivity contribution in [3.8, 4) is 0 Å². The molecule has 4 N–H and O–H groups in total. The molecular weight excluding hydrogens is 290 g/mol. The second kappa shape index (κ2) is 5.55. The highest BCUT2D eigenvalue weighted by atomic mass is 16.1. The molecule has 0 saturated carbocycles. The van der Waals surface area contributed by atoms with Crippen LogP contribution in [0.5, 0.6) is 0 Å². The van der Waals surface area contributed by atoms with Gasteiger partial charge in [0.1, 0.15) is 5.82 Å². The van der Waals surface area contributed by atoms with Crippen LogP contribution < -0.4 is 21.3 Å². The quantitative estimate of drug-likeness (QED) is 0.748. The van der Waals surface area contributed by atoms with Crippen molar-refractivity contribution in [1.82, 2.24) is 10.3 Å². The van der Waals surface area contributed by atoms with Crippen molar-refractivity contribution in [2.75, 3.05) is 29.0 Å². The van der Waals surface area contributed by atoms with Crippen LogP contribution in [0.3, 0.4) is 0 Å². The molecule has 118 valence electrons. The van der Waals surface area contributed by atoms with Gasteiger partial charge in [-0.25, -0.2) is 4.98 Å². The van der Waals surface area contributed by atoms with Gasteiger partial charge >= 0.3 is 0 Å². The summed E-state index contributed by atoms with van der Waals surface area (Å²) in [6.45, 7) is 2.01. The predicted molar refractivity (Wildman–Crippen MR) is 90.6 cm³/mol.